The van der Waals surface area contributed by atoms with Crippen molar-refractivity contribution in [2.75, 3.05) is 6.61 Å². The smallest absolute Gasteiger partial charge is 0.338 e. The van der Waals surface area contributed by atoms with Gasteiger partial charge in [0.25, 0.3) is 5.91 Å². The number of benzene rings is 1. The highest BCUT2D eigenvalue weighted by Crippen LogP contribution is 2.23. The quantitative estimate of drug-likeness (QED) is 0.873. The van der Waals surface area contributed by atoms with E-state index in [0.717, 1.165) is 29.5 Å². The largest absolute Gasteiger partial charge is 0.452 e. The van der Waals surface area contributed by atoms with Crippen LogP contribution in [0.1, 0.15) is 43.0 Å². The van der Waals surface area contributed by atoms with Crippen molar-refractivity contribution in [1.29, 1.82) is 0 Å². The molecule has 122 valence electrons. The molecule has 0 unspecified atom stereocenters. The molecule has 0 aliphatic heterocycles. The van der Waals surface area contributed by atoms with Crippen molar-refractivity contribution < 1.29 is 14.3 Å². The Hall–Kier alpha value is -1.95. The number of carbonyl (C=O) groups is 2. The van der Waals surface area contributed by atoms with E-state index in [4.69, 9.17) is 4.74 Å². The van der Waals surface area contributed by atoms with Crippen LogP contribution in [0.25, 0.3) is 10.2 Å². The Labute approximate surface area is 139 Å². The van der Waals surface area contributed by atoms with E-state index in [9.17, 15) is 9.59 Å². The summed E-state index contributed by atoms with van der Waals surface area (Å²) in [5.41, 5.74) is 3.04. The number of hydrogen-bond acceptors (Lipinski definition) is 5. The van der Waals surface area contributed by atoms with Gasteiger partial charge in [-0.2, -0.15) is 0 Å². The van der Waals surface area contributed by atoms with Gasteiger partial charge in [-0.3, -0.25) is 4.79 Å². The number of ether oxygens (including phenoxy) is 1. The van der Waals surface area contributed by atoms with Gasteiger partial charge in [-0.25, -0.2) is 9.78 Å². The van der Waals surface area contributed by atoms with Crippen LogP contribution in [0.3, 0.4) is 0 Å². The van der Waals surface area contributed by atoms with Crippen molar-refractivity contribution in [3.8, 4) is 0 Å². The Kier molecular flexibility index (Phi) is 4.91. The van der Waals surface area contributed by atoms with Crippen molar-refractivity contribution in [2.24, 2.45) is 5.92 Å². The summed E-state index contributed by atoms with van der Waals surface area (Å²) in [6.45, 7) is 1.92. The average molecular weight is 332 g/mol. The SMILES string of the molecule is C[C@H]1CCCC[C@H]1NC(=O)COC(=O)c1ccc2ncsc2c1. The zero-order chi connectivity index (χ0) is 16.2. The van der Waals surface area contributed by atoms with Gasteiger partial charge >= 0.3 is 5.97 Å². The molecule has 1 aromatic heterocycles. The first-order valence-corrected chi connectivity index (χ1v) is 8.81. The third kappa shape index (κ3) is 3.88. The van der Waals surface area contributed by atoms with Gasteiger partial charge < -0.3 is 10.1 Å². The Morgan fingerprint density at radius 3 is 3.00 bits per heavy atom. The molecule has 1 heterocycles. The highest BCUT2D eigenvalue weighted by Gasteiger charge is 2.23. The van der Waals surface area contributed by atoms with Crippen molar-refractivity contribution in [3.63, 3.8) is 0 Å². The summed E-state index contributed by atoms with van der Waals surface area (Å²) < 4.78 is 6.06. The molecule has 5 nitrogen and oxygen atoms in total. The summed E-state index contributed by atoms with van der Waals surface area (Å²) in [7, 11) is 0. The highest BCUT2D eigenvalue weighted by atomic mass is 32.1. The summed E-state index contributed by atoms with van der Waals surface area (Å²) in [6.07, 6.45) is 4.51. The fraction of sp³-hybridized carbons (Fsp3) is 0.471. The van der Waals surface area contributed by atoms with Gasteiger partial charge in [-0.1, -0.05) is 19.8 Å². The molecular formula is C17H20N2O3S. The second-order valence-corrected chi connectivity index (χ2v) is 6.93. The minimum atomic E-state index is -0.479. The Morgan fingerprint density at radius 1 is 1.35 bits per heavy atom. The van der Waals surface area contributed by atoms with Crippen LogP contribution in [0.4, 0.5) is 0 Å². The lowest BCUT2D eigenvalue weighted by atomic mass is 9.86. The summed E-state index contributed by atoms with van der Waals surface area (Å²) in [5.74, 6) is -0.222. The molecule has 0 bridgehead atoms. The molecule has 1 fully saturated rings. The monoisotopic (exact) mass is 332 g/mol. The van der Waals surface area contributed by atoms with Crippen LogP contribution in [0.5, 0.6) is 0 Å². The first-order valence-electron chi connectivity index (χ1n) is 7.93. The van der Waals surface area contributed by atoms with Crippen LogP contribution in [0.15, 0.2) is 23.7 Å². The number of fused-ring (bicyclic) bond motifs is 1. The molecule has 1 amide bonds. The van der Waals surface area contributed by atoms with E-state index in [-0.39, 0.29) is 18.6 Å². The molecule has 1 aliphatic rings. The molecule has 3 rings (SSSR count). The van der Waals surface area contributed by atoms with Crippen molar-refractivity contribution >= 4 is 33.4 Å². The van der Waals surface area contributed by atoms with Gasteiger partial charge in [0.15, 0.2) is 6.61 Å². The molecule has 0 spiro atoms. The van der Waals surface area contributed by atoms with Gasteiger partial charge in [0, 0.05) is 6.04 Å². The fourth-order valence-corrected chi connectivity index (χ4v) is 3.69. The summed E-state index contributed by atoms with van der Waals surface area (Å²) >= 11 is 1.47. The number of esters is 1. The van der Waals surface area contributed by atoms with E-state index in [2.05, 4.69) is 17.2 Å². The standard InChI is InChI=1S/C17H20N2O3S/c1-11-4-2-3-5-13(11)19-16(20)9-22-17(21)12-6-7-14-15(8-12)23-10-18-14/h6-8,10-11,13H,2-5,9H2,1H3,(H,19,20)/t11-,13+/m0/s1. The van der Waals surface area contributed by atoms with Crippen molar-refractivity contribution in [3.05, 3.63) is 29.3 Å². The van der Waals surface area contributed by atoms with E-state index < -0.39 is 5.97 Å². The first-order chi connectivity index (χ1) is 11.1. The van der Waals surface area contributed by atoms with Crippen LogP contribution >= 0.6 is 11.3 Å². The zero-order valence-corrected chi connectivity index (χ0v) is 13.9. The van der Waals surface area contributed by atoms with Gasteiger partial charge in [0.2, 0.25) is 0 Å². The van der Waals surface area contributed by atoms with Crippen LogP contribution in [0, 0.1) is 5.92 Å². The van der Waals surface area contributed by atoms with Crippen LogP contribution in [-0.2, 0) is 9.53 Å². The molecule has 1 N–H and O–H groups in total. The van der Waals surface area contributed by atoms with Gasteiger partial charge in [0.05, 0.1) is 21.3 Å². The zero-order valence-electron chi connectivity index (χ0n) is 13.1. The summed E-state index contributed by atoms with van der Waals surface area (Å²) in [5, 5.41) is 2.98. The lowest BCUT2D eigenvalue weighted by Crippen LogP contribution is -2.42. The predicted octanol–water partition coefficient (Wildman–Crippen LogP) is 3.15. The third-order valence-electron chi connectivity index (χ3n) is 4.36. The van der Waals surface area contributed by atoms with E-state index >= 15 is 0 Å². The second-order valence-electron chi connectivity index (χ2n) is 6.05. The Bertz CT molecular complexity index is 713. The second kappa shape index (κ2) is 7.08. The maximum absolute atomic E-state index is 12.1. The first kappa shape index (κ1) is 15.9. The summed E-state index contributed by atoms with van der Waals surface area (Å²) in [4.78, 5) is 28.2. The maximum Gasteiger partial charge on any atom is 0.338 e. The molecule has 23 heavy (non-hydrogen) atoms. The van der Waals surface area contributed by atoms with E-state index in [1.807, 2.05) is 0 Å². The maximum atomic E-state index is 12.1. The van der Waals surface area contributed by atoms with Crippen LogP contribution in [-0.4, -0.2) is 29.5 Å². The number of hydrogen-bond donors (Lipinski definition) is 1. The molecule has 2 atom stereocenters. The summed E-state index contributed by atoms with van der Waals surface area (Å²) in [6, 6.07) is 5.40. The molecule has 1 aliphatic carbocycles. The number of nitrogens with one attached hydrogen (secondary N) is 1. The molecule has 1 saturated carbocycles. The molecular weight excluding hydrogens is 312 g/mol. The molecule has 2 aromatic rings. The van der Waals surface area contributed by atoms with E-state index in [1.165, 1.54) is 17.8 Å². The molecule has 6 heteroatoms. The number of nitrogens with zero attached hydrogens (tertiary/aromatic N) is 1. The van der Waals surface area contributed by atoms with E-state index in [1.54, 1.807) is 23.7 Å². The minimum absolute atomic E-state index is 0.198. The predicted molar refractivity (Wildman–Crippen MR) is 89.5 cm³/mol. The van der Waals surface area contributed by atoms with Gasteiger partial charge in [-0.05, 0) is 37.0 Å². The van der Waals surface area contributed by atoms with Gasteiger partial charge in [0.1, 0.15) is 0 Å². The number of aromatic nitrogens is 1. The fourth-order valence-electron chi connectivity index (χ4n) is 2.98. The highest BCUT2D eigenvalue weighted by molar-refractivity contribution is 7.16. The van der Waals surface area contributed by atoms with Crippen LogP contribution < -0.4 is 5.32 Å². The topological polar surface area (TPSA) is 68.3 Å². The number of amides is 1. The van der Waals surface area contributed by atoms with E-state index in [0.29, 0.717) is 11.5 Å². The van der Waals surface area contributed by atoms with Gasteiger partial charge in [-0.15, -0.1) is 11.3 Å². The molecule has 0 saturated heterocycles. The number of carbonyl (C=O) groups excluding carboxylic acids is 2. The lowest BCUT2D eigenvalue weighted by Gasteiger charge is -2.29. The van der Waals surface area contributed by atoms with Crippen LogP contribution in [0.2, 0.25) is 0 Å². The third-order valence-corrected chi connectivity index (χ3v) is 5.15. The lowest BCUT2D eigenvalue weighted by molar-refractivity contribution is -0.125. The molecule has 1 aromatic carbocycles. The number of rotatable bonds is 4. The van der Waals surface area contributed by atoms with Crippen molar-refractivity contribution in [2.45, 2.75) is 38.6 Å². The molecule has 0 radical (unpaired) electrons. The minimum Gasteiger partial charge on any atom is -0.452 e. The normalized spacial score (nSPS) is 21.1. The average Bonchev–Trinajstić information content (AvgIpc) is 3.02. The Morgan fingerprint density at radius 2 is 2.17 bits per heavy atom. The van der Waals surface area contributed by atoms with Crippen molar-refractivity contribution in [1.82, 2.24) is 10.3 Å². The number of thiazole rings is 1. The Balaban J connectivity index is 1.52.